The number of hydrogen-bond acceptors (Lipinski definition) is 6. The van der Waals surface area contributed by atoms with Crippen LogP contribution >= 0.6 is 11.3 Å². The van der Waals surface area contributed by atoms with Crippen LogP contribution in [0.25, 0.3) is 12.2 Å². The van der Waals surface area contributed by atoms with Gasteiger partial charge in [-0.25, -0.2) is 4.79 Å². The van der Waals surface area contributed by atoms with Gasteiger partial charge in [0, 0.05) is 14.1 Å². The van der Waals surface area contributed by atoms with E-state index in [4.69, 9.17) is 4.74 Å². The Hall–Kier alpha value is -3.01. The lowest BCUT2D eigenvalue weighted by Gasteiger charge is -2.10. The molecule has 156 valence electrons. The van der Waals surface area contributed by atoms with Crippen molar-refractivity contribution in [2.45, 2.75) is 20.1 Å². The topological polar surface area (TPSA) is 77.8 Å². The number of ether oxygens (including phenoxy) is 2. The molecule has 0 spiro atoms. The van der Waals surface area contributed by atoms with E-state index in [1.54, 1.807) is 21.0 Å². The summed E-state index contributed by atoms with van der Waals surface area (Å²) < 4.78 is 35.4. The third-order valence-corrected chi connectivity index (χ3v) is 4.72. The standard InChI is InChI=1S/C19H20F2N2O5S/c1-4-27-17(25)10-16-23(11-15(24)22(2)3)18(26)14(29-16)9-12-5-7-13(8-6-12)28-19(20)21/h5-10,19H,4,11H2,1-3H3/b14-9+,16-10-. The van der Waals surface area contributed by atoms with E-state index >= 15 is 0 Å². The summed E-state index contributed by atoms with van der Waals surface area (Å²) in [6.07, 6.45) is 2.70. The molecule has 0 unspecified atom stereocenters. The van der Waals surface area contributed by atoms with E-state index < -0.39 is 18.1 Å². The summed E-state index contributed by atoms with van der Waals surface area (Å²) in [5.74, 6) is -0.947. The Labute approximate surface area is 169 Å². The van der Waals surface area contributed by atoms with Crippen LogP contribution in [0, 0.1) is 0 Å². The molecular weight excluding hydrogens is 406 g/mol. The fourth-order valence-corrected chi connectivity index (χ4v) is 3.28. The second-order valence-electron chi connectivity index (χ2n) is 5.97. The van der Waals surface area contributed by atoms with E-state index in [2.05, 4.69) is 4.74 Å². The van der Waals surface area contributed by atoms with Gasteiger partial charge >= 0.3 is 12.6 Å². The molecule has 0 saturated carbocycles. The van der Waals surface area contributed by atoms with E-state index in [0.29, 0.717) is 5.56 Å². The molecule has 1 heterocycles. The van der Waals surface area contributed by atoms with Crippen molar-refractivity contribution in [2.24, 2.45) is 0 Å². The fourth-order valence-electron chi connectivity index (χ4n) is 2.25. The van der Waals surface area contributed by atoms with Crippen molar-refractivity contribution >= 4 is 35.4 Å². The Morgan fingerprint density at radius 1 is 1.24 bits per heavy atom. The summed E-state index contributed by atoms with van der Waals surface area (Å²) in [5, 5.41) is 0. The number of rotatable bonds is 7. The number of carbonyl (C=O) groups is 2. The number of hydrogen-bond donors (Lipinski definition) is 0. The molecule has 0 aliphatic rings. The van der Waals surface area contributed by atoms with Crippen LogP contribution in [0.4, 0.5) is 8.78 Å². The summed E-state index contributed by atoms with van der Waals surface area (Å²) in [5.41, 5.74) is 0.118. The van der Waals surface area contributed by atoms with Crippen LogP contribution in [0.5, 0.6) is 5.75 Å². The van der Waals surface area contributed by atoms with Crippen LogP contribution in [-0.4, -0.2) is 48.7 Å². The lowest BCUT2D eigenvalue weighted by Crippen LogP contribution is -2.38. The van der Waals surface area contributed by atoms with Crippen molar-refractivity contribution in [3.05, 3.63) is 49.4 Å². The molecule has 2 rings (SSSR count). The zero-order chi connectivity index (χ0) is 21.6. The Bertz CT molecular complexity index is 1040. The van der Waals surface area contributed by atoms with Crippen LogP contribution in [0.1, 0.15) is 12.5 Å². The molecule has 1 aromatic heterocycles. The number of aromatic nitrogens is 1. The number of esters is 1. The van der Waals surface area contributed by atoms with E-state index in [1.807, 2.05) is 0 Å². The van der Waals surface area contributed by atoms with Crippen molar-refractivity contribution in [2.75, 3.05) is 20.7 Å². The highest BCUT2D eigenvalue weighted by molar-refractivity contribution is 7.07. The highest BCUT2D eigenvalue weighted by atomic mass is 32.1. The van der Waals surface area contributed by atoms with Crippen LogP contribution in [-0.2, 0) is 20.9 Å². The number of carbonyl (C=O) groups excluding carboxylic acids is 2. The predicted octanol–water partition coefficient (Wildman–Crippen LogP) is 0.772. The molecule has 29 heavy (non-hydrogen) atoms. The van der Waals surface area contributed by atoms with E-state index in [1.165, 1.54) is 39.8 Å². The van der Waals surface area contributed by atoms with Crippen molar-refractivity contribution < 1.29 is 27.8 Å². The number of nitrogens with zero attached hydrogens (tertiary/aromatic N) is 2. The van der Waals surface area contributed by atoms with E-state index in [0.717, 1.165) is 17.4 Å². The lowest BCUT2D eigenvalue weighted by atomic mass is 10.2. The summed E-state index contributed by atoms with van der Waals surface area (Å²) in [7, 11) is 3.12. The van der Waals surface area contributed by atoms with Crippen molar-refractivity contribution in [1.29, 1.82) is 0 Å². The normalized spacial score (nSPS) is 12.3. The van der Waals surface area contributed by atoms with Gasteiger partial charge in [0.05, 0.1) is 17.2 Å². The Kier molecular flexibility index (Phi) is 7.66. The minimum Gasteiger partial charge on any atom is -0.463 e. The molecule has 0 saturated heterocycles. The molecule has 1 amide bonds. The molecule has 0 atom stereocenters. The molecule has 0 bridgehead atoms. The molecule has 7 nitrogen and oxygen atoms in total. The first kappa shape index (κ1) is 22.3. The first-order chi connectivity index (χ1) is 13.7. The molecule has 1 aromatic carbocycles. The minimum absolute atomic E-state index is 0.00588. The van der Waals surface area contributed by atoms with Gasteiger partial charge in [-0.05, 0) is 30.7 Å². The highest BCUT2D eigenvalue weighted by Crippen LogP contribution is 2.15. The van der Waals surface area contributed by atoms with E-state index in [-0.39, 0.29) is 34.0 Å². The summed E-state index contributed by atoms with van der Waals surface area (Å²) in [6.45, 7) is -1.33. The molecular formula is C19H20F2N2O5S. The van der Waals surface area contributed by atoms with Crippen molar-refractivity contribution in [3.8, 4) is 5.75 Å². The van der Waals surface area contributed by atoms with Gasteiger partial charge in [-0.2, -0.15) is 8.78 Å². The third kappa shape index (κ3) is 6.24. The number of likely N-dealkylation sites (N-methyl/N-ethyl adjacent to an activating group) is 1. The summed E-state index contributed by atoms with van der Waals surface area (Å²) in [4.78, 5) is 38.0. The zero-order valence-electron chi connectivity index (χ0n) is 16.1. The van der Waals surface area contributed by atoms with Crippen molar-refractivity contribution in [1.82, 2.24) is 9.47 Å². The van der Waals surface area contributed by atoms with Gasteiger partial charge in [-0.3, -0.25) is 14.2 Å². The number of halogens is 2. The summed E-state index contributed by atoms with van der Waals surface area (Å²) >= 11 is 1.02. The van der Waals surface area contributed by atoms with Crippen LogP contribution in [0.3, 0.4) is 0 Å². The monoisotopic (exact) mass is 426 g/mol. The highest BCUT2D eigenvalue weighted by Gasteiger charge is 2.12. The van der Waals surface area contributed by atoms with Crippen LogP contribution < -0.4 is 19.5 Å². The minimum atomic E-state index is -2.93. The van der Waals surface area contributed by atoms with Gasteiger partial charge in [-0.15, -0.1) is 11.3 Å². The Morgan fingerprint density at radius 2 is 1.90 bits per heavy atom. The first-order valence-electron chi connectivity index (χ1n) is 8.56. The predicted molar refractivity (Wildman–Crippen MR) is 104 cm³/mol. The Balaban J connectivity index is 2.50. The quantitative estimate of drug-likeness (QED) is 0.612. The zero-order valence-corrected chi connectivity index (χ0v) is 16.9. The number of alkyl halides is 2. The molecule has 0 radical (unpaired) electrons. The summed E-state index contributed by atoms with van der Waals surface area (Å²) in [6, 6.07) is 5.73. The van der Waals surface area contributed by atoms with Gasteiger partial charge in [0.1, 0.15) is 17.0 Å². The Morgan fingerprint density at radius 3 is 2.45 bits per heavy atom. The third-order valence-electron chi connectivity index (χ3n) is 3.66. The van der Waals surface area contributed by atoms with Gasteiger partial charge in [-0.1, -0.05) is 12.1 Å². The number of amides is 1. The second kappa shape index (κ2) is 9.97. The SMILES string of the molecule is CCOC(=O)/C=c1\s/c(=C/c2ccc(OC(F)F)cc2)c(=O)n1CC(=O)N(C)C. The van der Waals surface area contributed by atoms with E-state index in [9.17, 15) is 23.2 Å². The largest absolute Gasteiger partial charge is 0.463 e. The average molecular weight is 426 g/mol. The van der Waals surface area contributed by atoms with Crippen LogP contribution in [0.2, 0.25) is 0 Å². The van der Waals surface area contributed by atoms with Gasteiger partial charge < -0.3 is 14.4 Å². The van der Waals surface area contributed by atoms with Crippen LogP contribution in [0.15, 0.2) is 29.1 Å². The maximum absolute atomic E-state index is 12.8. The average Bonchev–Trinajstić information content (AvgIpc) is 2.91. The molecule has 0 aliphatic heterocycles. The van der Waals surface area contributed by atoms with Gasteiger partial charge in [0.15, 0.2) is 0 Å². The molecule has 2 aromatic rings. The smallest absolute Gasteiger partial charge is 0.387 e. The van der Waals surface area contributed by atoms with Crippen molar-refractivity contribution in [3.63, 3.8) is 0 Å². The lowest BCUT2D eigenvalue weighted by molar-refractivity contribution is -0.135. The molecule has 0 aliphatic carbocycles. The van der Waals surface area contributed by atoms with Gasteiger partial charge in [0.2, 0.25) is 5.91 Å². The molecule has 0 fully saturated rings. The molecule has 0 N–H and O–H groups in total. The number of thiazole rings is 1. The number of benzene rings is 1. The maximum atomic E-state index is 12.8. The van der Waals surface area contributed by atoms with Gasteiger partial charge in [0.25, 0.3) is 5.56 Å². The second-order valence-corrected chi connectivity index (χ2v) is 7.03. The first-order valence-corrected chi connectivity index (χ1v) is 9.37. The fraction of sp³-hybridized carbons (Fsp3) is 0.316. The maximum Gasteiger partial charge on any atom is 0.387 e. The molecule has 10 heteroatoms.